The Labute approximate surface area is 170 Å². The Balaban J connectivity index is 2.33. The second kappa shape index (κ2) is 7.76. The zero-order chi connectivity index (χ0) is 21.3. The highest BCUT2D eigenvalue weighted by atomic mass is 35.5. The van der Waals surface area contributed by atoms with Crippen molar-refractivity contribution in [2.24, 2.45) is 0 Å². The van der Waals surface area contributed by atoms with Gasteiger partial charge in [0.05, 0.1) is 18.7 Å². The summed E-state index contributed by atoms with van der Waals surface area (Å²) in [6, 6.07) is 12.8. The molecule has 0 bridgehead atoms. The van der Waals surface area contributed by atoms with E-state index >= 15 is 0 Å². The zero-order valence-electron chi connectivity index (χ0n) is 15.6. The average molecular weight is 417 g/mol. The van der Waals surface area contributed by atoms with Gasteiger partial charge in [0.1, 0.15) is 0 Å². The van der Waals surface area contributed by atoms with Gasteiger partial charge < -0.3 is 4.57 Å². The van der Waals surface area contributed by atoms with Crippen LogP contribution in [0, 0.1) is 20.4 Å². The molecule has 0 aliphatic heterocycles. The van der Waals surface area contributed by atoms with Gasteiger partial charge in [0.2, 0.25) is 0 Å². The second-order valence-electron chi connectivity index (χ2n) is 6.73. The summed E-state index contributed by atoms with van der Waals surface area (Å²) in [5.74, 6) is 0. The number of aryl methyl sites for hydroxylation is 2. The molecule has 0 spiro atoms. The molecule has 148 valence electrons. The van der Waals surface area contributed by atoms with Gasteiger partial charge in [-0.2, -0.15) is 13.2 Å². The van der Waals surface area contributed by atoms with Crippen molar-refractivity contribution in [2.75, 3.05) is 0 Å². The van der Waals surface area contributed by atoms with Crippen LogP contribution in [0.3, 0.4) is 0 Å². The van der Waals surface area contributed by atoms with E-state index in [0.717, 1.165) is 22.8 Å². The highest BCUT2D eigenvalue weighted by molar-refractivity contribution is 6.30. The lowest BCUT2D eigenvalue weighted by Crippen LogP contribution is -2.25. The van der Waals surface area contributed by atoms with Crippen molar-refractivity contribution < 1.29 is 13.2 Å². The van der Waals surface area contributed by atoms with E-state index in [2.05, 4.69) is 4.85 Å². The summed E-state index contributed by atoms with van der Waals surface area (Å²) in [7, 11) is 0. The van der Waals surface area contributed by atoms with Crippen molar-refractivity contribution in [3.63, 3.8) is 0 Å². The normalized spacial score (nSPS) is 11.3. The molecular formula is C22H16ClF3N2O. The molecule has 2 aromatic carbocycles. The molecule has 1 aromatic heterocycles. The molecule has 3 aromatic rings. The van der Waals surface area contributed by atoms with Crippen LogP contribution >= 0.6 is 11.6 Å². The van der Waals surface area contributed by atoms with Crippen LogP contribution in [0.25, 0.3) is 16.1 Å². The summed E-state index contributed by atoms with van der Waals surface area (Å²) >= 11 is 5.98. The molecule has 3 rings (SSSR count). The molecule has 0 N–H and O–H groups in total. The number of benzene rings is 2. The Hall–Kier alpha value is -3.04. The maximum atomic E-state index is 13.6. The Morgan fingerprint density at radius 2 is 1.83 bits per heavy atom. The molecule has 0 saturated heterocycles. The van der Waals surface area contributed by atoms with E-state index in [9.17, 15) is 18.0 Å². The van der Waals surface area contributed by atoms with Gasteiger partial charge in [-0.15, -0.1) is 0 Å². The standard InChI is InChI=1S/C22H16ClF3N2O/c1-13-5-4-6-15(9-13)19-11-18(22(24,25)26)20(27-3)21(29)28(19)12-16-7-8-17(23)10-14(16)2/h4-11H,12H2,1-2H3. The summed E-state index contributed by atoms with van der Waals surface area (Å²) in [5.41, 5.74) is -0.195. The summed E-state index contributed by atoms with van der Waals surface area (Å²) in [5, 5.41) is 0.520. The third-order valence-corrected chi connectivity index (χ3v) is 4.87. The van der Waals surface area contributed by atoms with Crippen molar-refractivity contribution >= 4 is 17.3 Å². The Morgan fingerprint density at radius 1 is 1.10 bits per heavy atom. The van der Waals surface area contributed by atoms with E-state index in [-0.39, 0.29) is 12.2 Å². The first-order chi connectivity index (χ1) is 13.6. The fourth-order valence-corrected chi connectivity index (χ4v) is 3.39. The van der Waals surface area contributed by atoms with Crippen LogP contribution in [0.5, 0.6) is 0 Å². The molecule has 0 amide bonds. The molecule has 29 heavy (non-hydrogen) atoms. The molecule has 0 fully saturated rings. The molecule has 0 atom stereocenters. The van der Waals surface area contributed by atoms with Crippen molar-refractivity contribution in [1.29, 1.82) is 0 Å². The van der Waals surface area contributed by atoms with Gasteiger partial charge in [0, 0.05) is 10.7 Å². The van der Waals surface area contributed by atoms with Crippen molar-refractivity contribution in [2.45, 2.75) is 26.6 Å². The highest BCUT2D eigenvalue weighted by Gasteiger charge is 2.36. The number of hydrogen-bond acceptors (Lipinski definition) is 1. The zero-order valence-corrected chi connectivity index (χ0v) is 16.4. The summed E-state index contributed by atoms with van der Waals surface area (Å²) in [6.45, 7) is 10.8. The Bertz CT molecular complexity index is 1190. The first-order valence-electron chi connectivity index (χ1n) is 8.66. The quantitative estimate of drug-likeness (QED) is 0.453. The number of halogens is 4. The van der Waals surface area contributed by atoms with Gasteiger partial charge in [-0.05, 0) is 54.8 Å². The highest BCUT2D eigenvalue weighted by Crippen LogP contribution is 2.37. The van der Waals surface area contributed by atoms with Gasteiger partial charge in [-0.25, -0.2) is 4.85 Å². The fourth-order valence-electron chi connectivity index (χ4n) is 3.17. The molecular weight excluding hydrogens is 401 g/mol. The summed E-state index contributed by atoms with van der Waals surface area (Å²) in [6.07, 6.45) is -4.81. The third-order valence-electron chi connectivity index (χ3n) is 4.64. The van der Waals surface area contributed by atoms with Crippen LogP contribution in [0.2, 0.25) is 5.02 Å². The second-order valence-corrected chi connectivity index (χ2v) is 7.17. The van der Waals surface area contributed by atoms with Gasteiger partial charge in [0.15, 0.2) is 0 Å². The van der Waals surface area contributed by atoms with Gasteiger partial charge in [-0.3, -0.25) is 4.79 Å². The monoisotopic (exact) mass is 416 g/mol. The van der Waals surface area contributed by atoms with E-state index in [1.165, 1.54) is 4.57 Å². The average Bonchev–Trinajstić information content (AvgIpc) is 2.64. The van der Waals surface area contributed by atoms with E-state index in [1.54, 1.807) is 43.3 Å². The Kier molecular flexibility index (Phi) is 5.54. The van der Waals surface area contributed by atoms with Crippen molar-refractivity contribution in [1.82, 2.24) is 4.57 Å². The predicted octanol–water partition coefficient (Wildman–Crippen LogP) is 6.40. The number of nitrogens with zero attached hydrogens (tertiary/aromatic N) is 2. The van der Waals surface area contributed by atoms with Crippen LogP contribution < -0.4 is 5.56 Å². The number of rotatable bonds is 3. The smallest absolute Gasteiger partial charge is 0.313 e. The lowest BCUT2D eigenvalue weighted by molar-refractivity contribution is -0.136. The number of pyridine rings is 1. The molecule has 7 heteroatoms. The Morgan fingerprint density at radius 3 is 2.41 bits per heavy atom. The molecule has 0 radical (unpaired) electrons. The van der Waals surface area contributed by atoms with Crippen LogP contribution in [0.15, 0.2) is 53.3 Å². The van der Waals surface area contributed by atoms with Crippen molar-refractivity contribution in [3.8, 4) is 11.3 Å². The number of hydrogen-bond donors (Lipinski definition) is 0. The lowest BCUT2D eigenvalue weighted by Gasteiger charge is -2.19. The topological polar surface area (TPSA) is 26.4 Å². The molecule has 0 saturated carbocycles. The van der Waals surface area contributed by atoms with E-state index < -0.39 is 23.0 Å². The van der Waals surface area contributed by atoms with E-state index in [1.807, 2.05) is 13.0 Å². The van der Waals surface area contributed by atoms with Crippen LogP contribution in [-0.4, -0.2) is 4.57 Å². The maximum Gasteiger partial charge on any atom is 0.407 e. The van der Waals surface area contributed by atoms with Crippen LogP contribution in [-0.2, 0) is 12.7 Å². The van der Waals surface area contributed by atoms with Gasteiger partial charge in [-0.1, -0.05) is 41.4 Å². The third kappa shape index (κ3) is 4.20. The minimum absolute atomic E-state index is 0.0196. The predicted molar refractivity (Wildman–Crippen MR) is 107 cm³/mol. The molecule has 0 aliphatic carbocycles. The molecule has 0 aliphatic rings. The van der Waals surface area contributed by atoms with Crippen LogP contribution in [0.4, 0.5) is 18.9 Å². The minimum atomic E-state index is -4.81. The fraction of sp³-hybridized carbons (Fsp3) is 0.182. The van der Waals surface area contributed by atoms with Crippen molar-refractivity contribution in [3.05, 3.63) is 97.6 Å². The number of aromatic nitrogens is 1. The summed E-state index contributed by atoms with van der Waals surface area (Å²) in [4.78, 5) is 15.9. The molecule has 3 nitrogen and oxygen atoms in total. The first kappa shape index (κ1) is 20.7. The van der Waals surface area contributed by atoms with Gasteiger partial charge >= 0.3 is 6.18 Å². The maximum absolute atomic E-state index is 13.6. The largest absolute Gasteiger partial charge is 0.407 e. The molecule has 1 heterocycles. The van der Waals surface area contributed by atoms with Crippen LogP contribution in [0.1, 0.15) is 22.3 Å². The minimum Gasteiger partial charge on any atom is -0.313 e. The first-order valence-corrected chi connectivity index (χ1v) is 9.04. The van der Waals surface area contributed by atoms with Gasteiger partial charge in [0.25, 0.3) is 11.2 Å². The van der Waals surface area contributed by atoms with E-state index in [4.69, 9.17) is 18.2 Å². The van der Waals surface area contributed by atoms with E-state index in [0.29, 0.717) is 10.6 Å². The number of alkyl halides is 3. The lowest BCUT2D eigenvalue weighted by atomic mass is 10.0. The summed E-state index contributed by atoms with van der Waals surface area (Å²) < 4.78 is 41.9. The SMILES string of the molecule is [C-]#[N+]c1c(C(F)(F)F)cc(-c2cccc(C)c2)n(Cc2ccc(Cl)cc2C)c1=O. The molecule has 0 unspecified atom stereocenters.